The summed E-state index contributed by atoms with van der Waals surface area (Å²) in [5, 5.41) is 0.353. The van der Waals surface area contributed by atoms with Gasteiger partial charge in [-0.2, -0.15) is 13.2 Å². The van der Waals surface area contributed by atoms with Gasteiger partial charge in [-0.3, -0.25) is 0 Å². The quantitative estimate of drug-likeness (QED) is 0.391. The predicted octanol–water partition coefficient (Wildman–Crippen LogP) is 4.50. The van der Waals surface area contributed by atoms with E-state index in [1.54, 1.807) is 6.26 Å². The summed E-state index contributed by atoms with van der Waals surface area (Å²) in [5.74, 6) is -0.730. The van der Waals surface area contributed by atoms with Gasteiger partial charge in [-0.15, -0.1) is 0 Å². The zero-order valence-electron chi connectivity index (χ0n) is 13.2. The maximum atomic E-state index is 14.6. The van der Waals surface area contributed by atoms with E-state index in [1.165, 1.54) is 11.8 Å². The van der Waals surface area contributed by atoms with E-state index in [2.05, 4.69) is 25.9 Å². The van der Waals surface area contributed by atoms with Crippen molar-refractivity contribution in [3.05, 3.63) is 21.9 Å². The van der Waals surface area contributed by atoms with Crippen LogP contribution in [0.2, 0.25) is 0 Å². The maximum Gasteiger partial charge on any atom is 0.417 e. The molecule has 0 unspecified atom stereocenters. The number of nitrogens with zero attached hydrogens (tertiary/aromatic N) is 3. The van der Waals surface area contributed by atoms with Gasteiger partial charge in [0, 0.05) is 25.1 Å². The minimum Gasteiger partial charge on any atom is -0.380 e. The smallest absolute Gasteiger partial charge is 0.380 e. The van der Waals surface area contributed by atoms with Crippen LogP contribution in [0.15, 0.2) is 15.7 Å². The van der Waals surface area contributed by atoms with Crippen LogP contribution in [0.25, 0.3) is 10.9 Å². The highest BCUT2D eigenvalue weighted by Gasteiger charge is 2.36. The lowest BCUT2D eigenvalue weighted by atomic mass is 10.1. The van der Waals surface area contributed by atoms with Crippen molar-refractivity contribution in [3.63, 3.8) is 0 Å². The molecule has 4 nitrogen and oxygen atoms in total. The summed E-state index contributed by atoms with van der Waals surface area (Å²) in [6.45, 7) is 2.05. The number of alkyl halides is 3. The molecule has 10 heteroatoms. The number of anilines is 1. The Hall–Kier alpha value is -1.13. The topological polar surface area (TPSA) is 38.2 Å². The van der Waals surface area contributed by atoms with Gasteiger partial charge in [0.2, 0.25) is 0 Å². The molecule has 25 heavy (non-hydrogen) atoms. The van der Waals surface area contributed by atoms with Gasteiger partial charge < -0.3 is 9.64 Å². The molecular weight excluding hydrogens is 426 g/mol. The van der Waals surface area contributed by atoms with Gasteiger partial charge in [0.25, 0.3) is 0 Å². The molecule has 2 aromatic rings. The molecule has 0 N–H and O–H groups in total. The van der Waals surface area contributed by atoms with Crippen LogP contribution in [-0.4, -0.2) is 42.5 Å². The zero-order chi connectivity index (χ0) is 18.2. The molecule has 136 valence electrons. The molecule has 1 fully saturated rings. The lowest BCUT2D eigenvalue weighted by Gasteiger charge is -2.23. The number of ether oxygens (including phenoxy) is 1. The van der Waals surface area contributed by atoms with Gasteiger partial charge in [-0.1, -0.05) is 11.8 Å². The minimum absolute atomic E-state index is 0.0488. The van der Waals surface area contributed by atoms with Crippen molar-refractivity contribution in [3.8, 4) is 0 Å². The molecule has 2 heterocycles. The molecule has 0 bridgehead atoms. The number of rotatable bonds is 2. The molecule has 3 rings (SSSR count). The highest BCUT2D eigenvalue weighted by Crippen LogP contribution is 2.41. The van der Waals surface area contributed by atoms with Crippen molar-refractivity contribution < 1.29 is 22.3 Å². The first-order chi connectivity index (χ1) is 11.8. The van der Waals surface area contributed by atoms with Gasteiger partial charge in [0.15, 0.2) is 11.0 Å². The number of fused-ring (bicyclic) bond motifs is 1. The Morgan fingerprint density at radius 3 is 2.68 bits per heavy atom. The van der Waals surface area contributed by atoms with E-state index in [4.69, 9.17) is 4.74 Å². The summed E-state index contributed by atoms with van der Waals surface area (Å²) in [4.78, 5) is 10.3. The van der Waals surface area contributed by atoms with Crippen molar-refractivity contribution in [2.45, 2.75) is 17.8 Å². The standard InChI is InChI=1S/C15H14BrF4N3OS/c1-25-14-21-12-8(7-9(15(18,19)20)10(16)11(12)17)13(22-14)23-3-2-5-24-6-4-23/h7H,2-6H2,1H3. The number of halogens is 5. The van der Waals surface area contributed by atoms with E-state index in [0.717, 1.165) is 6.07 Å². The fraction of sp³-hybridized carbons (Fsp3) is 0.467. The normalized spacial score (nSPS) is 16.3. The Morgan fingerprint density at radius 1 is 1.24 bits per heavy atom. The third-order valence-corrected chi connectivity index (χ3v) is 5.16. The zero-order valence-corrected chi connectivity index (χ0v) is 15.6. The van der Waals surface area contributed by atoms with Crippen LogP contribution in [0.1, 0.15) is 12.0 Å². The fourth-order valence-corrected chi connectivity index (χ4v) is 3.55. The number of hydrogen-bond donors (Lipinski definition) is 0. The van der Waals surface area contributed by atoms with E-state index < -0.39 is 22.0 Å². The van der Waals surface area contributed by atoms with Gasteiger partial charge in [0.1, 0.15) is 11.3 Å². The Balaban J connectivity index is 2.28. The molecule has 0 amide bonds. The second-order valence-electron chi connectivity index (χ2n) is 5.43. The monoisotopic (exact) mass is 439 g/mol. The van der Waals surface area contributed by atoms with Crippen molar-refractivity contribution in [2.75, 3.05) is 37.5 Å². The van der Waals surface area contributed by atoms with E-state index in [1.807, 2.05) is 4.90 Å². The van der Waals surface area contributed by atoms with E-state index >= 15 is 0 Å². The maximum absolute atomic E-state index is 14.6. The van der Waals surface area contributed by atoms with Crippen LogP contribution in [0.4, 0.5) is 23.4 Å². The third-order valence-electron chi connectivity index (χ3n) is 3.84. The number of thioether (sulfide) groups is 1. The van der Waals surface area contributed by atoms with Crippen LogP contribution < -0.4 is 4.90 Å². The molecule has 1 aliphatic rings. The molecule has 1 aromatic carbocycles. The second-order valence-corrected chi connectivity index (χ2v) is 7.00. The summed E-state index contributed by atoms with van der Waals surface area (Å²) in [6.07, 6.45) is -2.25. The summed E-state index contributed by atoms with van der Waals surface area (Å²) >= 11 is 3.93. The first-order valence-electron chi connectivity index (χ1n) is 7.46. The van der Waals surface area contributed by atoms with Gasteiger partial charge >= 0.3 is 6.18 Å². The highest BCUT2D eigenvalue weighted by molar-refractivity contribution is 9.10. The van der Waals surface area contributed by atoms with E-state index in [9.17, 15) is 17.6 Å². The number of aromatic nitrogens is 2. The van der Waals surface area contributed by atoms with Crippen molar-refractivity contribution >= 4 is 44.4 Å². The summed E-state index contributed by atoms with van der Waals surface area (Å²) in [7, 11) is 0. The third kappa shape index (κ3) is 3.70. The lowest BCUT2D eigenvalue weighted by Crippen LogP contribution is -2.27. The number of hydrogen-bond acceptors (Lipinski definition) is 5. The highest BCUT2D eigenvalue weighted by atomic mass is 79.9. The predicted molar refractivity (Wildman–Crippen MR) is 91.6 cm³/mol. The van der Waals surface area contributed by atoms with E-state index in [0.29, 0.717) is 43.7 Å². The summed E-state index contributed by atoms with van der Waals surface area (Å²) in [5.41, 5.74) is -1.20. The molecular formula is C15H14BrF4N3OS. The van der Waals surface area contributed by atoms with Crippen molar-refractivity contribution in [1.29, 1.82) is 0 Å². The van der Waals surface area contributed by atoms with E-state index in [-0.39, 0.29) is 10.9 Å². The molecule has 0 spiro atoms. The first kappa shape index (κ1) is 18.7. The number of benzene rings is 1. The summed E-state index contributed by atoms with van der Waals surface area (Å²) in [6, 6.07) is 0.910. The average molecular weight is 440 g/mol. The largest absolute Gasteiger partial charge is 0.417 e. The molecule has 0 aliphatic carbocycles. The van der Waals surface area contributed by atoms with Crippen LogP contribution in [0.3, 0.4) is 0 Å². The molecule has 1 aliphatic heterocycles. The van der Waals surface area contributed by atoms with Crippen LogP contribution in [-0.2, 0) is 10.9 Å². The second kappa shape index (κ2) is 7.24. The lowest BCUT2D eigenvalue weighted by molar-refractivity contribution is -0.138. The molecule has 0 saturated carbocycles. The SMILES string of the molecule is CSc1nc(N2CCCOCC2)c2cc(C(F)(F)F)c(Br)c(F)c2n1. The fourth-order valence-electron chi connectivity index (χ4n) is 2.66. The van der Waals surface area contributed by atoms with Crippen LogP contribution >= 0.6 is 27.7 Å². The van der Waals surface area contributed by atoms with Crippen LogP contribution in [0, 0.1) is 5.82 Å². The summed E-state index contributed by atoms with van der Waals surface area (Å²) < 4.78 is 59.2. The molecule has 1 saturated heterocycles. The Labute approximate surface area is 154 Å². The first-order valence-corrected chi connectivity index (χ1v) is 9.48. The molecule has 1 aromatic heterocycles. The molecule has 0 radical (unpaired) electrons. The van der Waals surface area contributed by atoms with Crippen molar-refractivity contribution in [1.82, 2.24) is 9.97 Å². The van der Waals surface area contributed by atoms with Gasteiger partial charge in [-0.25, -0.2) is 14.4 Å². The molecule has 0 atom stereocenters. The van der Waals surface area contributed by atoms with Crippen LogP contribution in [0.5, 0.6) is 0 Å². The van der Waals surface area contributed by atoms with Gasteiger partial charge in [0.05, 0.1) is 16.6 Å². The minimum atomic E-state index is -4.69. The Kier molecular flexibility index (Phi) is 5.40. The van der Waals surface area contributed by atoms with Gasteiger partial charge in [-0.05, 0) is 34.7 Å². The Morgan fingerprint density at radius 2 is 2.00 bits per heavy atom. The van der Waals surface area contributed by atoms with Crippen molar-refractivity contribution in [2.24, 2.45) is 0 Å². The average Bonchev–Trinajstić information content (AvgIpc) is 2.85. The Bertz CT molecular complexity index is 795.